The Bertz CT molecular complexity index is 1150. The third-order valence-electron chi connectivity index (χ3n) is 5.69. The second kappa shape index (κ2) is 13.4. The summed E-state index contributed by atoms with van der Waals surface area (Å²) < 4.78 is 11.8. The minimum atomic E-state index is -1.56. The Labute approximate surface area is 213 Å². The number of azide groups is 1. The highest BCUT2D eigenvalue weighted by Gasteiger charge is 2.53. The van der Waals surface area contributed by atoms with Crippen molar-refractivity contribution in [1.82, 2.24) is 10.9 Å². The molecule has 2 atom stereocenters. The minimum Gasteiger partial charge on any atom is -0.494 e. The van der Waals surface area contributed by atoms with E-state index in [4.69, 9.17) is 25.1 Å². The molecule has 1 aliphatic rings. The molecule has 0 spiro atoms. The number of hydrogen-bond acceptors (Lipinski definition) is 9. The number of benzene rings is 2. The van der Waals surface area contributed by atoms with E-state index in [2.05, 4.69) is 27.5 Å². The first kappa shape index (κ1) is 27.7. The molecule has 12 nitrogen and oxygen atoms in total. The molecule has 0 fully saturated rings. The number of nitrogens with zero attached hydrogens (tertiary/aromatic N) is 4. The lowest BCUT2D eigenvalue weighted by Gasteiger charge is -2.31. The Morgan fingerprint density at radius 1 is 1.24 bits per heavy atom. The molecule has 0 aromatic heterocycles. The van der Waals surface area contributed by atoms with Crippen molar-refractivity contribution >= 4 is 17.5 Å². The van der Waals surface area contributed by atoms with Crippen molar-refractivity contribution in [2.45, 2.75) is 30.5 Å². The van der Waals surface area contributed by atoms with Crippen molar-refractivity contribution in [3.05, 3.63) is 82.8 Å². The number of aliphatic imine (C=N–C) groups is 1. The highest BCUT2D eigenvalue weighted by Crippen LogP contribution is 2.45. The van der Waals surface area contributed by atoms with Crippen LogP contribution < -0.4 is 15.6 Å². The van der Waals surface area contributed by atoms with Gasteiger partial charge in [0.2, 0.25) is 5.90 Å². The summed E-state index contributed by atoms with van der Waals surface area (Å²) in [7, 11) is 0. The van der Waals surface area contributed by atoms with Gasteiger partial charge in [-0.25, -0.2) is 10.4 Å². The second-order valence-corrected chi connectivity index (χ2v) is 8.19. The molecule has 0 aliphatic carbocycles. The van der Waals surface area contributed by atoms with Gasteiger partial charge in [-0.05, 0) is 29.8 Å². The first-order valence-electron chi connectivity index (χ1n) is 11.7. The Hall–Kier alpha value is -3.93. The maximum Gasteiger partial charge on any atom is 0.266 e. The van der Waals surface area contributed by atoms with Crippen molar-refractivity contribution in [3.8, 4) is 5.75 Å². The molecule has 2 aromatic carbocycles. The number of carbonyl (C=O) groups excluding carboxylic acids is 1. The van der Waals surface area contributed by atoms with Crippen LogP contribution in [0.5, 0.6) is 5.75 Å². The SMILES string of the molecule is C=CC[C@]1(C(=O)NNC(CO)CO)N=C(c2ccc(OCCCO)cc2)O[C@H]1c1ccccc1N=[N+]=[N-]. The molecule has 0 radical (unpaired) electrons. The highest BCUT2D eigenvalue weighted by atomic mass is 16.5. The molecule has 0 bridgehead atoms. The number of aliphatic hydroxyl groups excluding tert-OH is 3. The Balaban J connectivity index is 2.03. The van der Waals surface area contributed by atoms with Crippen LogP contribution in [0.25, 0.3) is 10.4 Å². The zero-order valence-electron chi connectivity index (χ0n) is 20.2. The summed E-state index contributed by atoms with van der Waals surface area (Å²) in [6, 6.07) is 12.9. The number of ether oxygens (including phenoxy) is 2. The molecule has 0 saturated carbocycles. The van der Waals surface area contributed by atoms with Gasteiger partial charge in [0.05, 0.1) is 25.9 Å². The van der Waals surface area contributed by atoms with Gasteiger partial charge >= 0.3 is 0 Å². The van der Waals surface area contributed by atoms with Crippen LogP contribution in [0, 0.1) is 0 Å². The topological polar surface area (TPSA) is 181 Å². The van der Waals surface area contributed by atoms with Crippen LogP contribution >= 0.6 is 0 Å². The molecule has 37 heavy (non-hydrogen) atoms. The van der Waals surface area contributed by atoms with Crippen molar-refractivity contribution in [1.29, 1.82) is 0 Å². The molecule has 2 aromatic rings. The third-order valence-corrected chi connectivity index (χ3v) is 5.69. The summed E-state index contributed by atoms with van der Waals surface area (Å²) in [6.45, 7) is 3.36. The number of nitrogens with one attached hydrogen (secondary N) is 2. The van der Waals surface area contributed by atoms with Crippen LogP contribution in [-0.4, -0.2) is 65.1 Å². The molecule has 5 N–H and O–H groups in total. The zero-order valence-corrected chi connectivity index (χ0v) is 20.2. The van der Waals surface area contributed by atoms with E-state index in [1.54, 1.807) is 48.5 Å². The van der Waals surface area contributed by atoms with Crippen molar-refractivity contribution in [2.75, 3.05) is 26.4 Å². The number of hydrogen-bond donors (Lipinski definition) is 5. The predicted octanol–water partition coefficient (Wildman–Crippen LogP) is 2.20. The third kappa shape index (κ3) is 6.45. The quantitative estimate of drug-likeness (QED) is 0.0644. The van der Waals surface area contributed by atoms with Crippen LogP contribution in [0.15, 0.2) is 71.3 Å². The van der Waals surface area contributed by atoms with Crippen molar-refractivity contribution in [3.63, 3.8) is 0 Å². The molecule has 0 unspecified atom stereocenters. The summed E-state index contributed by atoms with van der Waals surface area (Å²) in [5.74, 6) is 0.180. The van der Waals surface area contributed by atoms with Crippen LogP contribution in [0.3, 0.4) is 0 Å². The lowest BCUT2D eigenvalue weighted by atomic mass is 9.84. The Morgan fingerprint density at radius 3 is 2.62 bits per heavy atom. The average molecular weight is 511 g/mol. The van der Waals surface area contributed by atoms with E-state index < -0.39 is 36.8 Å². The molecule has 196 valence electrons. The molecule has 0 saturated heterocycles. The van der Waals surface area contributed by atoms with E-state index in [1.807, 2.05) is 0 Å². The van der Waals surface area contributed by atoms with E-state index in [1.165, 1.54) is 6.08 Å². The van der Waals surface area contributed by atoms with Crippen molar-refractivity contribution in [2.24, 2.45) is 10.1 Å². The van der Waals surface area contributed by atoms with Gasteiger partial charge in [-0.2, -0.15) is 0 Å². The molecule has 12 heteroatoms. The van der Waals surface area contributed by atoms with Crippen LogP contribution in [0.1, 0.15) is 30.1 Å². The van der Waals surface area contributed by atoms with E-state index in [0.29, 0.717) is 29.9 Å². The number of carbonyl (C=O) groups is 1. The van der Waals surface area contributed by atoms with Crippen LogP contribution in [-0.2, 0) is 9.53 Å². The fourth-order valence-corrected chi connectivity index (χ4v) is 3.79. The molecule has 1 aliphatic heterocycles. The standard InChI is InChI=1S/C25H30N6O6/c1-2-12-25(24(35)30-28-18(15-33)16-34)22(20-6-3-4-7-21(20)29-31-26)37-23(27-25)17-8-10-19(11-9-17)36-14-5-13-32/h2-4,6-11,18,22,28,32-34H,1,5,12-16H2,(H,30,35)/t22-,25-/m0/s1. The summed E-state index contributed by atoms with van der Waals surface area (Å²) in [6.07, 6.45) is 1.10. The van der Waals surface area contributed by atoms with Gasteiger partial charge in [0, 0.05) is 41.2 Å². The first-order chi connectivity index (χ1) is 18.0. The summed E-state index contributed by atoms with van der Waals surface area (Å²) in [4.78, 5) is 21.2. The Morgan fingerprint density at radius 2 is 1.97 bits per heavy atom. The largest absolute Gasteiger partial charge is 0.494 e. The molecular formula is C25H30N6O6. The van der Waals surface area contributed by atoms with Crippen LogP contribution in [0.4, 0.5) is 5.69 Å². The smallest absolute Gasteiger partial charge is 0.266 e. The van der Waals surface area contributed by atoms with Gasteiger partial charge in [-0.3, -0.25) is 10.2 Å². The minimum absolute atomic E-state index is 0.0289. The number of hydrazine groups is 1. The van der Waals surface area contributed by atoms with E-state index in [0.717, 1.165) is 0 Å². The second-order valence-electron chi connectivity index (χ2n) is 8.19. The maximum absolute atomic E-state index is 13.6. The van der Waals surface area contributed by atoms with Gasteiger partial charge in [-0.15, -0.1) is 6.58 Å². The fourth-order valence-electron chi connectivity index (χ4n) is 3.79. The van der Waals surface area contributed by atoms with Gasteiger partial charge in [0.15, 0.2) is 11.6 Å². The highest BCUT2D eigenvalue weighted by molar-refractivity contribution is 6.01. The lowest BCUT2D eigenvalue weighted by Crippen LogP contribution is -2.56. The summed E-state index contributed by atoms with van der Waals surface area (Å²) in [5, 5.41) is 31.4. The molecular weight excluding hydrogens is 480 g/mol. The normalized spacial score (nSPS) is 18.5. The summed E-state index contributed by atoms with van der Waals surface area (Å²) in [5.41, 5.74) is 13.9. The lowest BCUT2D eigenvalue weighted by molar-refractivity contribution is -0.130. The Kier molecular flexibility index (Phi) is 10.0. The van der Waals surface area contributed by atoms with E-state index in [9.17, 15) is 15.0 Å². The number of rotatable bonds is 14. The number of amides is 1. The maximum atomic E-state index is 13.6. The van der Waals surface area contributed by atoms with E-state index >= 15 is 0 Å². The van der Waals surface area contributed by atoms with Gasteiger partial charge < -0.3 is 24.8 Å². The predicted molar refractivity (Wildman–Crippen MR) is 136 cm³/mol. The zero-order chi connectivity index (χ0) is 26.7. The van der Waals surface area contributed by atoms with Gasteiger partial charge in [0.25, 0.3) is 5.91 Å². The first-order valence-corrected chi connectivity index (χ1v) is 11.7. The van der Waals surface area contributed by atoms with Crippen LogP contribution in [0.2, 0.25) is 0 Å². The van der Waals surface area contributed by atoms with Gasteiger partial charge in [-0.1, -0.05) is 35.5 Å². The molecule has 1 amide bonds. The monoisotopic (exact) mass is 510 g/mol. The average Bonchev–Trinajstić information content (AvgIpc) is 3.31. The number of aliphatic hydroxyl groups is 3. The van der Waals surface area contributed by atoms with E-state index in [-0.39, 0.29) is 24.6 Å². The summed E-state index contributed by atoms with van der Waals surface area (Å²) >= 11 is 0. The molecule has 3 rings (SSSR count). The van der Waals surface area contributed by atoms with Gasteiger partial charge in [0.1, 0.15) is 5.75 Å². The van der Waals surface area contributed by atoms with Crippen molar-refractivity contribution < 1.29 is 29.6 Å². The fraction of sp³-hybridized carbons (Fsp3) is 0.360. The molecule has 1 heterocycles.